The lowest BCUT2D eigenvalue weighted by Gasteiger charge is -2.61. The van der Waals surface area contributed by atoms with Gasteiger partial charge in [-0.2, -0.15) is 0 Å². The molecule has 1 unspecified atom stereocenters. The van der Waals surface area contributed by atoms with Crippen LogP contribution in [0.5, 0.6) is 0 Å². The van der Waals surface area contributed by atoms with E-state index in [4.69, 9.17) is 4.74 Å². The molecule has 0 bridgehead atoms. The van der Waals surface area contributed by atoms with E-state index in [0.717, 1.165) is 23.7 Å². The fourth-order valence-electron chi connectivity index (χ4n) is 9.58. The average Bonchev–Trinajstić information content (AvgIpc) is 3.12. The summed E-state index contributed by atoms with van der Waals surface area (Å²) in [6.07, 6.45) is 12.7. The van der Waals surface area contributed by atoms with Crippen LogP contribution in [0.1, 0.15) is 72.1 Å². The second-order valence-corrected chi connectivity index (χ2v) is 11.0. The minimum atomic E-state index is 0.231. The van der Waals surface area contributed by atoms with Gasteiger partial charge in [-0.3, -0.25) is 0 Å². The molecule has 0 saturated heterocycles. The molecule has 0 heterocycles. The normalized spacial score (nSPS) is 60.2. The van der Waals surface area contributed by atoms with Gasteiger partial charge in [0, 0.05) is 18.4 Å². The number of rotatable bonds is 3. The number of carbonyl (C=O) groups is 1. The molecule has 0 amide bonds. The molecule has 1 spiro atoms. The van der Waals surface area contributed by atoms with E-state index in [9.17, 15) is 4.79 Å². The van der Waals surface area contributed by atoms with Gasteiger partial charge in [0.2, 0.25) is 0 Å². The van der Waals surface area contributed by atoms with Crippen LogP contribution in [0.3, 0.4) is 0 Å². The number of hydrogen-bond donors (Lipinski definition) is 0. The molecule has 25 heavy (non-hydrogen) atoms. The Morgan fingerprint density at radius 1 is 1.08 bits per heavy atom. The zero-order chi connectivity index (χ0) is 17.6. The maximum Gasteiger partial charge on any atom is 0.123 e. The smallest absolute Gasteiger partial charge is 0.123 e. The summed E-state index contributed by atoms with van der Waals surface area (Å²) >= 11 is 0. The Labute approximate surface area is 153 Å². The topological polar surface area (TPSA) is 26.3 Å². The molecule has 2 heteroatoms. The fourth-order valence-corrected chi connectivity index (χ4v) is 9.58. The van der Waals surface area contributed by atoms with Crippen LogP contribution >= 0.6 is 0 Å². The van der Waals surface area contributed by atoms with E-state index in [1.54, 1.807) is 0 Å². The summed E-state index contributed by atoms with van der Waals surface area (Å²) in [6.45, 7) is 7.35. The van der Waals surface area contributed by atoms with E-state index in [1.165, 1.54) is 57.7 Å². The van der Waals surface area contributed by atoms with Gasteiger partial charge in [-0.15, -0.1) is 0 Å². The lowest BCUT2D eigenvalue weighted by Crippen LogP contribution is -2.57. The molecule has 5 aliphatic carbocycles. The Morgan fingerprint density at radius 2 is 1.88 bits per heavy atom. The van der Waals surface area contributed by atoms with Crippen molar-refractivity contribution in [1.29, 1.82) is 0 Å². The van der Waals surface area contributed by atoms with Gasteiger partial charge < -0.3 is 9.53 Å². The Bertz CT molecular complexity index is 587. The zero-order valence-corrected chi connectivity index (χ0v) is 16.6. The maximum atomic E-state index is 11.5. The van der Waals surface area contributed by atoms with E-state index < -0.39 is 0 Å². The number of carbonyl (C=O) groups excluding carboxylic acids is 1. The van der Waals surface area contributed by atoms with Crippen LogP contribution in [-0.2, 0) is 9.53 Å². The summed E-state index contributed by atoms with van der Waals surface area (Å²) < 4.78 is 6.18. The highest BCUT2D eigenvalue weighted by Gasteiger charge is 2.77. The summed E-state index contributed by atoms with van der Waals surface area (Å²) in [6, 6.07) is 0. The molecule has 0 aromatic rings. The van der Waals surface area contributed by atoms with Gasteiger partial charge in [-0.25, -0.2) is 0 Å². The quantitative estimate of drug-likeness (QED) is 0.665. The second kappa shape index (κ2) is 5.12. The lowest BCUT2D eigenvalue weighted by atomic mass is 9.45. The van der Waals surface area contributed by atoms with Crippen molar-refractivity contribution in [2.24, 2.45) is 51.8 Å². The predicted molar refractivity (Wildman–Crippen MR) is 99.1 cm³/mol. The Morgan fingerprint density at radius 3 is 2.56 bits per heavy atom. The second-order valence-electron chi connectivity index (χ2n) is 11.0. The monoisotopic (exact) mass is 344 g/mol. The molecular formula is C23H36O2. The molecule has 0 aromatic carbocycles. The molecular weight excluding hydrogens is 308 g/mol. The molecule has 5 saturated carbocycles. The number of hydrogen-bond acceptors (Lipinski definition) is 2. The first-order valence-electron chi connectivity index (χ1n) is 10.9. The van der Waals surface area contributed by atoms with Gasteiger partial charge >= 0.3 is 0 Å². The predicted octanol–water partition coefficient (Wildman–Crippen LogP) is 5.11. The Hall–Kier alpha value is -0.370. The van der Waals surface area contributed by atoms with Crippen molar-refractivity contribution in [3.05, 3.63) is 0 Å². The molecule has 0 N–H and O–H groups in total. The van der Waals surface area contributed by atoms with E-state index in [1.807, 2.05) is 7.11 Å². The van der Waals surface area contributed by atoms with Gasteiger partial charge in [-0.05, 0) is 91.8 Å². The molecule has 2 nitrogen and oxygen atoms in total. The summed E-state index contributed by atoms with van der Waals surface area (Å²) in [5.74, 6) is 4.37. The highest BCUT2D eigenvalue weighted by Crippen LogP contribution is 2.82. The third-order valence-electron chi connectivity index (χ3n) is 10.8. The van der Waals surface area contributed by atoms with Gasteiger partial charge in [0.1, 0.15) is 6.29 Å². The molecule has 0 aliphatic heterocycles. The molecule has 5 rings (SSSR count). The summed E-state index contributed by atoms with van der Waals surface area (Å²) in [5, 5.41) is 0. The number of fused-ring (bicyclic) bond motifs is 4. The van der Waals surface area contributed by atoms with Gasteiger partial charge in [0.15, 0.2) is 0 Å². The molecule has 0 radical (unpaired) electrons. The van der Waals surface area contributed by atoms with Gasteiger partial charge in [0.25, 0.3) is 0 Å². The molecule has 5 fully saturated rings. The first kappa shape index (κ1) is 16.8. The SMILES string of the molecule is CO[C@@H]1C[C@H]2[C@@H]3CCC([C@H](C)C=O)[C@@]3(C)CC[C@@H]2[C@@]2(C)CC[C@@H]3C[C@]312. The fraction of sp³-hybridized carbons (Fsp3) is 0.957. The summed E-state index contributed by atoms with van der Waals surface area (Å²) in [5.41, 5.74) is 1.45. The highest BCUT2D eigenvalue weighted by molar-refractivity contribution is 5.53. The van der Waals surface area contributed by atoms with Crippen LogP contribution < -0.4 is 0 Å². The molecule has 0 aromatic heterocycles. The zero-order valence-electron chi connectivity index (χ0n) is 16.6. The third kappa shape index (κ3) is 1.79. The summed E-state index contributed by atoms with van der Waals surface area (Å²) in [4.78, 5) is 11.5. The van der Waals surface area contributed by atoms with Crippen molar-refractivity contribution in [2.45, 2.75) is 78.2 Å². The lowest BCUT2D eigenvalue weighted by molar-refractivity contribution is -0.161. The van der Waals surface area contributed by atoms with Crippen LogP contribution in [-0.4, -0.2) is 19.5 Å². The highest BCUT2D eigenvalue weighted by atomic mass is 16.5. The molecule has 10 atom stereocenters. The van der Waals surface area contributed by atoms with E-state index in [2.05, 4.69) is 20.8 Å². The molecule has 5 aliphatic rings. The minimum Gasteiger partial charge on any atom is -0.381 e. The van der Waals surface area contributed by atoms with E-state index in [-0.39, 0.29) is 5.92 Å². The van der Waals surface area contributed by atoms with Crippen LogP contribution in [0.4, 0.5) is 0 Å². The first-order chi connectivity index (χ1) is 11.9. The van der Waals surface area contributed by atoms with Crippen molar-refractivity contribution in [1.82, 2.24) is 0 Å². The van der Waals surface area contributed by atoms with Crippen LogP contribution in [0.25, 0.3) is 0 Å². The Balaban J connectivity index is 1.50. The van der Waals surface area contributed by atoms with Crippen molar-refractivity contribution < 1.29 is 9.53 Å². The van der Waals surface area contributed by atoms with Crippen LogP contribution in [0.2, 0.25) is 0 Å². The maximum absolute atomic E-state index is 11.5. The van der Waals surface area contributed by atoms with Crippen molar-refractivity contribution in [2.75, 3.05) is 7.11 Å². The van der Waals surface area contributed by atoms with Crippen LogP contribution in [0.15, 0.2) is 0 Å². The van der Waals surface area contributed by atoms with Crippen molar-refractivity contribution >= 4 is 6.29 Å². The number of methoxy groups -OCH3 is 1. The average molecular weight is 345 g/mol. The third-order valence-corrected chi connectivity index (χ3v) is 10.8. The standard InChI is InChI=1S/C23H36O2/c1-14(13-24)17-5-6-18-16-11-20(25-4)23-12-15(23)7-10-22(23,3)19(16)8-9-21(17,18)2/h13-20H,5-12H2,1-4H3/t14-,15-,16+,17?,18+,19+,20-,21-,22-,23+/m1/s1. The minimum absolute atomic E-state index is 0.231. The van der Waals surface area contributed by atoms with Crippen molar-refractivity contribution in [3.63, 3.8) is 0 Å². The number of ether oxygens (including phenoxy) is 1. The van der Waals surface area contributed by atoms with E-state index >= 15 is 0 Å². The van der Waals surface area contributed by atoms with Gasteiger partial charge in [0.05, 0.1) is 6.10 Å². The van der Waals surface area contributed by atoms with Crippen LogP contribution in [0, 0.1) is 51.8 Å². The largest absolute Gasteiger partial charge is 0.381 e. The van der Waals surface area contributed by atoms with Gasteiger partial charge in [-0.1, -0.05) is 20.8 Å². The van der Waals surface area contributed by atoms with E-state index in [0.29, 0.717) is 28.3 Å². The summed E-state index contributed by atoms with van der Waals surface area (Å²) in [7, 11) is 1.97. The Kier molecular flexibility index (Phi) is 3.43. The molecule has 140 valence electrons. The number of aldehydes is 1. The first-order valence-corrected chi connectivity index (χ1v) is 10.9. The van der Waals surface area contributed by atoms with Crippen molar-refractivity contribution in [3.8, 4) is 0 Å².